The Morgan fingerprint density at radius 2 is 1.67 bits per heavy atom. The topological polar surface area (TPSA) is 157 Å². The number of carbonyl (C=O) groups is 2. The van der Waals surface area contributed by atoms with Crippen molar-refractivity contribution in [2.45, 2.75) is 6.92 Å². The van der Waals surface area contributed by atoms with Gasteiger partial charge in [-0.05, 0) is 18.6 Å². The molecular weight excluding hydrogens is 416 g/mol. The second-order valence-electron chi connectivity index (χ2n) is 6.16. The Kier molecular flexibility index (Phi) is 6.66. The molecule has 162 valence electrons. The number of ether oxygens (including phenoxy) is 2. The zero-order valence-electron chi connectivity index (χ0n) is 17.0. The van der Waals surface area contributed by atoms with Crippen LogP contribution in [0.1, 0.15) is 15.9 Å². The Morgan fingerprint density at radius 3 is 2.13 bits per heavy atom. The molecule has 2 aromatic rings. The van der Waals surface area contributed by atoms with Crippen LogP contribution >= 0.6 is 0 Å². The van der Waals surface area contributed by atoms with Crippen LogP contribution in [0.2, 0.25) is 0 Å². The van der Waals surface area contributed by atoms with Crippen LogP contribution in [-0.4, -0.2) is 63.5 Å². The summed E-state index contributed by atoms with van der Waals surface area (Å²) in [6, 6.07) is 4.56. The van der Waals surface area contributed by atoms with Crippen molar-refractivity contribution in [2.75, 3.05) is 32.6 Å². The maximum atomic E-state index is 13.0. The number of aryl methyl sites for hydroxylation is 1. The van der Waals surface area contributed by atoms with Crippen LogP contribution in [0, 0.1) is 6.92 Å². The largest absolute Gasteiger partial charge is 0.481 e. The molecule has 0 saturated heterocycles. The highest BCUT2D eigenvalue weighted by Gasteiger charge is 2.33. The number of aromatic nitrogens is 2. The Morgan fingerprint density at radius 1 is 1.10 bits per heavy atom. The SMILES string of the molecule is COc1cc(OC)nc(N(c2cccc(C)c2C(=O)N(C)C)S(=O)(=O)NC(N)=O)n1. The number of carbonyl (C=O) groups excluding carboxylic acids is 2. The minimum Gasteiger partial charge on any atom is -0.481 e. The summed E-state index contributed by atoms with van der Waals surface area (Å²) in [5, 5.41) is 0. The minimum atomic E-state index is -4.67. The van der Waals surface area contributed by atoms with E-state index in [0.717, 1.165) is 0 Å². The molecule has 0 saturated carbocycles. The molecule has 12 nitrogen and oxygen atoms in total. The molecule has 3 amide bonds. The van der Waals surface area contributed by atoms with Gasteiger partial charge in [-0.1, -0.05) is 12.1 Å². The molecule has 13 heteroatoms. The second-order valence-corrected chi connectivity index (χ2v) is 7.68. The smallest absolute Gasteiger partial charge is 0.334 e. The molecule has 0 atom stereocenters. The molecule has 3 N–H and O–H groups in total. The first-order valence-electron chi connectivity index (χ1n) is 8.42. The number of nitrogens with zero attached hydrogens (tertiary/aromatic N) is 4. The van der Waals surface area contributed by atoms with Crippen molar-refractivity contribution in [3.05, 3.63) is 35.4 Å². The number of rotatable bonds is 7. The van der Waals surface area contributed by atoms with E-state index >= 15 is 0 Å². The summed E-state index contributed by atoms with van der Waals surface area (Å²) in [7, 11) is 1.00. The zero-order valence-corrected chi connectivity index (χ0v) is 17.8. The van der Waals surface area contributed by atoms with Gasteiger partial charge in [-0.3, -0.25) is 4.79 Å². The van der Waals surface area contributed by atoms with Crippen molar-refractivity contribution < 1.29 is 27.5 Å². The Hall–Kier alpha value is -3.61. The fourth-order valence-corrected chi connectivity index (χ4v) is 3.59. The monoisotopic (exact) mass is 438 g/mol. The molecule has 2 rings (SSSR count). The number of benzene rings is 1. The van der Waals surface area contributed by atoms with Gasteiger partial charge in [-0.2, -0.15) is 22.7 Å². The highest BCUT2D eigenvalue weighted by Crippen LogP contribution is 2.33. The van der Waals surface area contributed by atoms with Gasteiger partial charge in [-0.15, -0.1) is 0 Å². The van der Waals surface area contributed by atoms with Crippen molar-refractivity contribution in [3.63, 3.8) is 0 Å². The van der Waals surface area contributed by atoms with Crippen LogP contribution in [0.15, 0.2) is 24.3 Å². The quantitative estimate of drug-likeness (QED) is 0.635. The molecule has 30 heavy (non-hydrogen) atoms. The third-order valence-corrected chi connectivity index (χ3v) is 5.13. The summed E-state index contributed by atoms with van der Waals surface area (Å²) < 4.78 is 38.4. The molecule has 0 spiro atoms. The van der Waals surface area contributed by atoms with Gasteiger partial charge in [0.05, 0.1) is 31.5 Å². The highest BCUT2D eigenvalue weighted by atomic mass is 32.2. The first kappa shape index (κ1) is 22.7. The van der Waals surface area contributed by atoms with Crippen LogP contribution in [0.4, 0.5) is 16.4 Å². The van der Waals surface area contributed by atoms with Gasteiger partial charge in [-0.25, -0.2) is 9.52 Å². The number of nitrogens with one attached hydrogen (secondary N) is 1. The van der Waals surface area contributed by atoms with Crippen LogP contribution < -0.4 is 24.2 Å². The summed E-state index contributed by atoms with van der Waals surface area (Å²) in [6.07, 6.45) is 0. The van der Waals surface area contributed by atoms with E-state index in [0.29, 0.717) is 9.87 Å². The van der Waals surface area contributed by atoms with Crippen molar-refractivity contribution in [1.82, 2.24) is 19.6 Å². The average molecular weight is 438 g/mol. The zero-order chi connectivity index (χ0) is 22.6. The molecule has 1 heterocycles. The number of hydrogen-bond donors (Lipinski definition) is 2. The molecule has 0 aliphatic rings. The van der Waals surface area contributed by atoms with Crippen molar-refractivity contribution in [2.24, 2.45) is 5.73 Å². The fourth-order valence-electron chi connectivity index (χ4n) is 2.53. The number of methoxy groups -OCH3 is 2. The number of amides is 3. The molecule has 0 unspecified atom stereocenters. The van der Waals surface area contributed by atoms with Crippen molar-refractivity contribution in [3.8, 4) is 11.8 Å². The number of hydrogen-bond acceptors (Lipinski definition) is 8. The van der Waals surface area contributed by atoms with E-state index < -0.39 is 28.1 Å². The van der Waals surface area contributed by atoms with Gasteiger partial charge in [0.25, 0.3) is 11.9 Å². The maximum absolute atomic E-state index is 13.0. The van der Waals surface area contributed by atoms with E-state index in [9.17, 15) is 18.0 Å². The Labute approximate surface area is 173 Å². The number of anilines is 2. The number of primary amides is 1. The van der Waals surface area contributed by atoms with Crippen LogP contribution in [-0.2, 0) is 10.2 Å². The average Bonchev–Trinajstić information content (AvgIpc) is 2.66. The molecule has 0 aliphatic heterocycles. The van der Waals surface area contributed by atoms with E-state index in [1.807, 2.05) is 0 Å². The molecular formula is C17H22N6O6S. The molecule has 0 fully saturated rings. The van der Waals surface area contributed by atoms with E-state index in [1.165, 1.54) is 45.3 Å². The lowest BCUT2D eigenvalue weighted by Gasteiger charge is -2.26. The second kappa shape index (κ2) is 8.82. The van der Waals surface area contributed by atoms with Crippen molar-refractivity contribution in [1.29, 1.82) is 0 Å². The summed E-state index contributed by atoms with van der Waals surface area (Å²) in [5.41, 5.74) is 5.48. The highest BCUT2D eigenvalue weighted by molar-refractivity contribution is 7.91. The van der Waals surface area contributed by atoms with Gasteiger partial charge in [0.1, 0.15) is 0 Å². The third-order valence-electron chi connectivity index (χ3n) is 3.83. The third kappa shape index (κ3) is 4.68. The van der Waals surface area contributed by atoms with Gasteiger partial charge in [0.2, 0.25) is 11.8 Å². The number of nitrogens with two attached hydrogens (primary N) is 1. The summed E-state index contributed by atoms with van der Waals surface area (Å²) in [6.45, 7) is 1.64. The van der Waals surface area contributed by atoms with Gasteiger partial charge in [0.15, 0.2) is 0 Å². The first-order valence-corrected chi connectivity index (χ1v) is 9.86. The standard InChI is InChI=1S/C17H22N6O6S/c1-10-7-6-8-11(14(10)15(24)22(2)3)23(30(26,27)21-16(18)25)17-19-12(28-4)9-13(20-17)29-5/h6-9H,1-5H3,(H3,18,21,25). The summed E-state index contributed by atoms with van der Waals surface area (Å²) >= 11 is 0. The normalized spacial score (nSPS) is 10.8. The van der Waals surface area contributed by atoms with E-state index in [2.05, 4.69) is 9.97 Å². The Balaban J connectivity index is 2.89. The van der Waals surface area contributed by atoms with Gasteiger partial charge in [0, 0.05) is 14.1 Å². The van der Waals surface area contributed by atoms with E-state index in [-0.39, 0.29) is 23.0 Å². The minimum absolute atomic E-state index is 0.00994. The lowest BCUT2D eigenvalue weighted by molar-refractivity contribution is 0.0827. The lowest BCUT2D eigenvalue weighted by Crippen LogP contribution is -2.45. The predicted molar refractivity (Wildman–Crippen MR) is 108 cm³/mol. The summed E-state index contributed by atoms with van der Waals surface area (Å²) in [4.78, 5) is 33.5. The fraction of sp³-hybridized carbons (Fsp3) is 0.294. The number of urea groups is 1. The van der Waals surface area contributed by atoms with Gasteiger partial charge < -0.3 is 20.1 Å². The summed E-state index contributed by atoms with van der Waals surface area (Å²) in [5.74, 6) is -0.927. The van der Waals surface area contributed by atoms with Crippen LogP contribution in [0.5, 0.6) is 11.8 Å². The van der Waals surface area contributed by atoms with Gasteiger partial charge >= 0.3 is 16.2 Å². The first-order chi connectivity index (χ1) is 14.0. The van der Waals surface area contributed by atoms with E-state index in [1.54, 1.807) is 23.8 Å². The van der Waals surface area contributed by atoms with Crippen molar-refractivity contribution >= 4 is 33.8 Å². The molecule has 1 aromatic heterocycles. The predicted octanol–water partition coefficient (Wildman–Crippen LogP) is 0.555. The van der Waals surface area contributed by atoms with Crippen LogP contribution in [0.3, 0.4) is 0 Å². The molecule has 1 aromatic carbocycles. The molecule has 0 radical (unpaired) electrons. The lowest BCUT2D eigenvalue weighted by atomic mass is 10.1. The Bertz CT molecular complexity index is 1050. The van der Waals surface area contributed by atoms with E-state index in [4.69, 9.17) is 15.2 Å². The van der Waals surface area contributed by atoms with Crippen LogP contribution in [0.25, 0.3) is 0 Å². The molecule has 0 bridgehead atoms. The molecule has 0 aliphatic carbocycles. The maximum Gasteiger partial charge on any atom is 0.334 e.